The summed E-state index contributed by atoms with van der Waals surface area (Å²) in [6.07, 6.45) is 4.79. The van der Waals surface area contributed by atoms with Crippen LogP contribution in [0.3, 0.4) is 0 Å². The minimum Gasteiger partial charge on any atom is -0.497 e. The molecule has 0 heterocycles. The van der Waals surface area contributed by atoms with E-state index in [1.807, 2.05) is 6.07 Å². The lowest BCUT2D eigenvalue weighted by atomic mass is 9.65. The SMILES string of the molecule is COc1cc(C)c(CC2(CN)CCC2)c(OC)c1. The van der Waals surface area contributed by atoms with Crippen LogP contribution in [0.4, 0.5) is 0 Å². The quantitative estimate of drug-likeness (QED) is 0.872. The van der Waals surface area contributed by atoms with Crippen molar-refractivity contribution in [2.75, 3.05) is 20.8 Å². The van der Waals surface area contributed by atoms with Gasteiger partial charge < -0.3 is 15.2 Å². The Labute approximate surface area is 109 Å². The molecule has 1 aliphatic rings. The normalized spacial score (nSPS) is 17.1. The molecule has 0 saturated heterocycles. The molecule has 0 aromatic heterocycles. The first kappa shape index (κ1) is 13.2. The van der Waals surface area contributed by atoms with Crippen molar-refractivity contribution in [3.8, 4) is 11.5 Å². The van der Waals surface area contributed by atoms with Crippen LogP contribution in [-0.2, 0) is 6.42 Å². The fraction of sp³-hybridized carbons (Fsp3) is 0.600. The Hall–Kier alpha value is -1.22. The molecule has 0 aliphatic heterocycles. The van der Waals surface area contributed by atoms with Crippen molar-refractivity contribution in [2.24, 2.45) is 11.1 Å². The zero-order valence-electron chi connectivity index (χ0n) is 11.6. The Balaban J connectivity index is 2.31. The second-order valence-corrected chi connectivity index (χ2v) is 5.36. The molecular weight excluding hydrogens is 226 g/mol. The highest BCUT2D eigenvalue weighted by molar-refractivity contribution is 5.46. The Kier molecular flexibility index (Phi) is 3.81. The first-order chi connectivity index (χ1) is 8.64. The number of benzene rings is 1. The zero-order chi connectivity index (χ0) is 13.2. The van der Waals surface area contributed by atoms with Gasteiger partial charge in [-0.25, -0.2) is 0 Å². The van der Waals surface area contributed by atoms with Gasteiger partial charge in [-0.15, -0.1) is 0 Å². The maximum atomic E-state index is 5.95. The van der Waals surface area contributed by atoms with E-state index in [0.717, 1.165) is 24.5 Å². The molecule has 1 aromatic rings. The maximum absolute atomic E-state index is 5.95. The van der Waals surface area contributed by atoms with Crippen LogP contribution in [0.2, 0.25) is 0 Å². The lowest BCUT2D eigenvalue weighted by molar-refractivity contribution is 0.143. The first-order valence-electron chi connectivity index (χ1n) is 6.56. The Morgan fingerprint density at radius 3 is 2.39 bits per heavy atom. The summed E-state index contributed by atoms with van der Waals surface area (Å²) in [6.45, 7) is 2.88. The number of rotatable bonds is 5. The molecule has 1 aromatic carbocycles. The van der Waals surface area contributed by atoms with E-state index in [4.69, 9.17) is 15.2 Å². The van der Waals surface area contributed by atoms with E-state index in [-0.39, 0.29) is 0 Å². The maximum Gasteiger partial charge on any atom is 0.126 e. The molecule has 0 unspecified atom stereocenters. The average molecular weight is 249 g/mol. The van der Waals surface area contributed by atoms with Crippen LogP contribution in [0.15, 0.2) is 12.1 Å². The van der Waals surface area contributed by atoms with Gasteiger partial charge >= 0.3 is 0 Å². The molecule has 100 valence electrons. The highest BCUT2D eigenvalue weighted by Crippen LogP contribution is 2.45. The van der Waals surface area contributed by atoms with E-state index < -0.39 is 0 Å². The number of nitrogens with two attached hydrogens (primary N) is 1. The summed E-state index contributed by atoms with van der Waals surface area (Å²) in [6, 6.07) is 4.03. The van der Waals surface area contributed by atoms with Crippen molar-refractivity contribution in [3.05, 3.63) is 23.3 Å². The van der Waals surface area contributed by atoms with Crippen molar-refractivity contribution in [3.63, 3.8) is 0 Å². The van der Waals surface area contributed by atoms with Gasteiger partial charge in [-0.3, -0.25) is 0 Å². The summed E-state index contributed by atoms with van der Waals surface area (Å²) in [5.74, 6) is 1.77. The van der Waals surface area contributed by atoms with Crippen LogP contribution in [0.25, 0.3) is 0 Å². The molecule has 1 fully saturated rings. The van der Waals surface area contributed by atoms with Crippen LogP contribution in [0, 0.1) is 12.3 Å². The third kappa shape index (κ3) is 2.32. The van der Waals surface area contributed by atoms with Gasteiger partial charge in [0, 0.05) is 6.07 Å². The molecule has 18 heavy (non-hydrogen) atoms. The van der Waals surface area contributed by atoms with E-state index in [1.165, 1.54) is 30.4 Å². The standard InChI is InChI=1S/C15H23NO2/c1-11-7-12(17-2)8-14(18-3)13(11)9-15(10-16)5-4-6-15/h7-8H,4-6,9-10,16H2,1-3H3. The fourth-order valence-electron chi connectivity index (χ4n) is 2.78. The summed E-state index contributed by atoms with van der Waals surface area (Å²) < 4.78 is 10.8. The number of hydrogen-bond acceptors (Lipinski definition) is 3. The number of methoxy groups -OCH3 is 2. The van der Waals surface area contributed by atoms with Crippen molar-refractivity contribution < 1.29 is 9.47 Å². The van der Waals surface area contributed by atoms with Crippen LogP contribution >= 0.6 is 0 Å². The molecule has 0 atom stereocenters. The Morgan fingerprint density at radius 2 is 1.94 bits per heavy atom. The predicted molar refractivity (Wildman–Crippen MR) is 73.3 cm³/mol. The summed E-state index contributed by atoms with van der Waals surface area (Å²) >= 11 is 0. The van der Waals surface area contributed by atoms with Gasteiger partial charge in [-0.1, -0.05) is 6.42 Å². The Morgan fingerprint density at radius 1 is 1.22 bits per heavy atom. The average Bonchev–Trinajstić information content (AvgIpc) is 2.34. The van der Waals surface area contributed by atoms with Crippen LogP contribution < -0.4 is 15.2 Å². The van der Waals surface area contributed by atoms with Gasteiger partial charge in [-0.2, -0.15) is 0 Å². The highest BCUT2D eigenvalue weighted by atomic mass is 16.5. The summed E-state index contributed by atoms with van der Waals surface area (Å²) in [5, 5.41) is 0. The van der Waals surface area contributed by atoms with Gasteiger partial charge in [0.15, 0.2) is 0 Å². The van der Waals surface area contributed by atoms with Crippen molar-refractivity contribution in [1.29, 1.82) is 0 Å². The molecule has 2 rings (SSSR count). The van der Waals surface area contributed by atoms with Crippen LogP contribution in [0.1, 0.15) is 30.4 Å². The van der Waals surface area contributed by atoms with Gasteiger partial charge in [0.05, 0.1) is 14.2 Å². The lowest BCUT2D eigenvalue weighted by Gasteiger charge is -2.41. The molecule has 2 N–H and O–H groups in total. The third-order valence-corrected chi connectivity index (χ3v) is 4.26. The Bertz CT molecular complexity index is 419. The smallest absolute Gasteiger partial charge is 0.126 e. The van der Waals surface area contributed by atoms with Crippen molar-refractivity contribution in [2.45, 2.75) is 32.6 Å². The minimum atomic E-state index is 0.298. The second kappa shape index (κ2) is 5.19. The van der Waals surface area contributed by atoms with E-state index in [2.05, 4.69) is 13.0 Å². The van der Waals surface area contributed by atoms with E-state index in [9.17, 15) is 0 Å². The van der Waals surface area contributed by atoms with Gasteiger partial charge in [0.1, 0.15) is 11.5 Å². The largest absolute Gasteiger partial charge is 0.497 e. The third-order valence-electron chi connectivity index (χ3n) is 4.26. The summed E-state index contributed by atoms with van der Waals surface area (Å²) in [4.78, 5) is 0. The molecule has 0 bridgehead atoms. The molecular formula is C15H23NO2. The monoisotopic (exact) mass is 249 g/mol. The van der Waals surface area contributed by atoms with Gasteiger partial charge in [0.25, 0.3) is 0 Å². The molecule has 0 spiro atoms. The van der Waals surface area contributed by atoms with Crippen LogP contribution in [0.5, 0.6) is 11.5 Å². The lowest BCUT2D eigenvalue weighted by Crippen LogP contribution is -2.39. The number of aryl methyl sites for hydroxylation is 1. The number of ether oxygens (including phenoxy) is 2. The summed E-state index contributed by atoms with van der Waals surface area (Å²) in [5.41, 5.74) is 8.76. The topological polar surface area (TPSA) is 44.5 Å². The fourth-order valence-corrected chi connectivity index (χ4v) is 2.78. The molecule has 3 nitrogen and oxygen atoms in total. The van der Waals surface area contributed by atoms with Gasteiger partial charge in [-0.05, 0) is 55.3 Å². The van der Waals surface area contributed by atoms with Gasteiger partial charge in [0.2, 0.25) is 0 Å². The first-order valence-corrected chi connectivity index (χ1v) is 6.56. The van der Waals surface area contributed by atoms with E-state index in [1.54, 1.807) is 14.2 Å². The molecule has 1 saturated carbocycles. The predicted octanol–water partition coefficient (Wildman–Crippen LogP) is 2.68. The highest BCUT2D eigenvalue weighted by Gasteiger charge is 2.36. The van der Waals surface area contributed by atoms with Crippen LogP contribution in [-0.4, -0.2) is 20.8 Å². The van der Waals surface area contributed by atoms with E-state index >= 15 is 0 Å². The van der Waals surface area contributed by atoms with Crippen molar-refractivity contribution in [1.82, 2.24) is 0 Å². The second-order valence-electron chi connectivity index (χ2n) is 5.36. The zero-order valence-corrected chi connectivity index (χ0v) is 11.6. The molecule has 0 radical (unpaired) electrons. The molecule has 3 heteroatoms. The summed E-state index contributed by atoms with van der Waals surface area (Å²) in [7, 11) is 3.40. The van der Waals surface area contributed by atoms with E-state index in [0.29, 0.717) is 5.41 Å². The van der Waals surface area contributed by atoms with Crippen molar-refractivity contribution >= 4 is 0 Å². The minimum absolute atomic E-state index is 0.298. The molecule has 0 amide bonds. The molecule has 1 aliphatic carbocycles. The number of hydrogen-bond donors (Lipinski definition) is 1.